The van der Waals surface area contributed by atoms with E-state index in [0.29, 0.717) is 33.3 Å². The molecule has 0 bridgehead atoms. The van der Waals surface area contributed by atoms with Crippen LogP contribution in [0.3, 0.4) is 0 Å². The molecule has 0 spiro atoms. The van der Waals surface area contributed by atoms with E-state index in [1.165, 1.54) is 12.2 Å². The number of hydrogen-bond acceptors (Lipinski definition) is 3. The lowest BCUT2D eigenvalue weighted by atomic mass is 10.1. The third kappa shape index (κ3) is 7.49. The Morgan fingerprint density at radius 2 is 1.04 bits per heavy atom. The van der Waals surface area contributed by atoms with Crippen LogP contribution >= 0.6 is 23.5 Å². The lowest BCUT2D eigenvalue weighted by Gasteiger charge is -2.00. The van der Waals surface area contributed by atoms with Gasteiger partial charge in [0.1, 0.15) is 0 Å². The molecule has 2 aromatic rings. The molecule has 0 aliphatic rings. The molecule has 0 saturated heterocycles. The molecule has 0 aliphatic carbocycles. The molecule has 0 atom stereocenters. The van der Waals surface area contributed by atoms with E-state index in [2.05, 4.69) is 0 Å². The van der Waals surface area contributed by atoms with Crippen LogP contribution in [0, 0.1) is 0 Å². The van der Waals surface area contributed by atoms with E-state index < -0.39 is 11.5 Å². The number of thioether (sulfide) groups is 2. The molecule has 0 fully saturated rings. The summed E-state index contributed by atoms with van der Waals surface area (Å²) in [6, 6.07) is 12.9. The number of halogens is 4. The van der Waals surface area contributed by atoms with Crippen molar-refractivity contribution in [2.24, 2.45) is 0 Å². The first-order valence-electron chi connectivity index (χ1n) is 7.42. The first-order chi connectivity index (χ1) is 12.4. The van der Waals surface area contributed by atoms with Crippen LogP contribution in [0.1, 0.15) is 11.1 Å². The zero-order valence-electron chi connectivity index (χ0n) is 13.3. The van der Waals surface area contributed by atoms with Gasteiger partial charge in [0, 0.05) is 9.79 Å². The monoisotopic (exact) mass is 398 g/mol. The van der Waals surface area contributed by atoms with Crippen molar-refractivity contribution >= 4 is 41.5 Å². The molecule has 0 amide bonds. The summed E-state index contributed by atoms with van der Waals surface area (Å²) in [5, 5.41) is 0. The molecule has 2 rings (SSSR count). The number of rotatable bonds is 8. The topological polar surface area (TPSA) is 17.1 Å². The Labute approximate surface area is 157 Å². The standard InChI is InChI=1S/C19H14F4OS2/c20-18(21)25-16-9-3-13(4-10-16)1-7-15(24)8-2-14-5-11-17(12-6-14)26-19(22)23/h1-12,18-19H/b7-1+,8-2+. The lowest BCUT2D eigenvalue weighted by molar-refractivity contribution is -0.110. The Bertz CT molecular complexity index is 704. The van der Waals surface area contributed by atoms with Gasteiger partial charge in [0.05, 0.1) is 0 Å². The Kier molecular flexibility index (Phi) is 8.00. The maximum Gasteiger partial charge on any atom is 0.288 e. The number of alkyl halides is 4. The van der Waals surface area contributed by atoms with Gasteiger partial charge in [-0.1, -0.05) is 59.9 Å². The summed E-state index contributed by atoms with van der Waals surface area (Å²) in [6.07, 6.45) is 5.91. The molecule has 0 radical (unpaired) electrons. The molecule has 0 saturated carbocycles. The van der Waals surface area contributed by atoms with E-state index in [-0.39, 0.29) is 5.78 Å². The van der Waals surface area contributed by atoms with Crippen LogP contribution in [0.2, 0.25) is 0 Å². The Morgan fingerprint density at radius 3 is 1.35 bits per heavy atom. The second-order valence-corrected chi connectivity index (χ2v) is 7.09. The van der Waals surface area contributed by atoms with Crippen molar-refractivity contribution in [3.8, 4) is 0 Å². The quantitative estimate of drug-likeness (QED) is 0.283. The van der Waals surface area contributed by atoms with Gasteiger partial charge in [-0.3, -0.25) is 4.79 Å². The summed E-state index contributed by atoms with van der Waals surface area (Å²) in [5.74, 6) is -5.18. The summed E-state index contributed by atoms with van der Waals surface area (Å²) in [7, 11) is 0. The smallest absolute Gasteiger partial charge is 0.288 e. The van der Waals surface area contributed by atoms with Crippen molar-refractivity contribution in [1.29, 1.82) is 0 Å². The molecule has 26 heavy (non-hydrogen) atoms. The molecular weight excluding hydrogens is 384 g/mol. The van der Waals surface area contributed by atoms with E-state index >= 15 is 0 Å². The van der Waals surface area contributed by atoms with Crippen LogP contribution < -0.4 is 0 Å². The highest BCUT2D eigenvalue weighted by molar-refractivity contribution is 7.99. The average Bonchev–Trinajstić information content (AvgIpc) is 2.59. The number of allylic oxidation sites excluding steroid dienone is 2. The molecule has 136 valence electrons. The van der Waals surface area contributed by atoms with Crippen molar-refractivity contribution in [1.82, 2.24) is 0 Å². The van der Waals surface area contributed by atoms with Gasteiger partial charge < -0.3 is 0 Å². The molecule has 0 aliphatic heterocycles. The average molecular weight is 398 g/mol. The maximum atomic E-state index is 12.2. The van der Waals surface area contributed by atoms with Crippen molar-refractivity contribution in [2.75, 3.05) is 0 Å². The Hall–Kier alpha value is -1.99. The second kappa shape index (κ2) is 10.2. The maximum absolute atomic E-state index is 12.2. The fraction of sp³-hybridized carbons (Fsp3) is 0.105. The Balaban J connectivity index is 1.90. The summed E-state index contributed by atoms with van der Waals surface area (Å²) >= 11 is 0.925. The molecule has 0 aromatic heterocycles. The third-order valence-corrected chi connectivity index (χ3v) is 4.54. The van der Waals surface area contributed by atoms with Crippen LogP contribution in [0.25, 0.3) is 12.2 Å². The number of carbonyl (C=O) groups is 1. The fourth-order valence-corrected chi connectivity index (χ4v) is 2.93. The summed E-state index contributed by atoms with van der Waals surface area (Å²) in [4.78, 5) is 12.7. The van der Waals surface area contributed by atoms with Crippen LogP contribution in [-0.2, 0) is 4.79 Å². The minimum absolute atomic E-state index is 0.248. The Morgan fingerprint density at radius 1 is 0.692 bits per heavy atom. The zero-order chi connectivity index (χ0) is 18.9. The molecule has 1 nitrogen and oxygen atoms in total. The fourth-order valence-electron chi connectivity index (χ4n) is 1.93. The number of hydrogen-bond donors (Lipinski definition) is 0. The predicted octanol–water partition coefficient (Wildman–Crippen LogP) is 6.61. The molecule has 2 aromatic carbocycles. The molecule has 0 heterocycles. The van der Waals surface area contributed by atoms with Crippen LogP contribution in [0.15, 0.2) is 70.5 Å². The third-order valence-electron chi connectivity index (χ3n) is 3.09. The molecule has 0 N–H and O–H groups in total. The van der Waals surface area contributed by atoms with E-state index in [9.17, 15) is 22.4 Å². The largest absolute Gasteiger partial charge is 0.290 e. The highest BCUT2D eigenvalue weighted by Gasteiger charge is 2.05. The van der Waals surface area contributed by atoms with E-state index in [1.807, 2.05) is 0 Å². The minimum atomic E-state index is -2.47. The van der Waals surface area contributed by atoms with Crippen LogP contribution in [-0.4, -0.2) is 17.3 Å². The van der Waals surface area contributed by atoms with Gasteiger partial charge in [-0.25, -0.2) is 0 Å². The van der Waals surface area contributed by atoms with Gasteiger partial charge in [-0.15, -0.1) is 0 Å². The van der Waals surface area contributed by atoms with E-state index in [1.54, 1.807) is 60.7 Å². The zero-order valence-corrected chi connectivity index (χ0v) is 15.0. The predicted molar refractivity (Wildman–Crippen MR) is 99.7 cm³/mol. The van der Waals surface area contributed by atoms with Crippen molar-refractivity contribution in [3.05, 3.63) is 71.8 Å². The van der Waals surface area contributed by atoms with Crippen LogP contribution in [0.5, 0.6) is 0 Å². The molecule has 7 heteroatoms. The normalized spacial score (nSPS) is 11.9. The van der Waals surface area contributed by atoms with E-state index in [0.717, 1.165) is 11.1 Å². The summed E-state index contributed by atoms with van der Waals surface area (Å²) < 4.78 is 49.0. The SMILES string of the molecule is O=C(/C=C/c1ccc(SC(F)F)cc1)/C=C/c1ccc(SC(F)F)cc1. The highest BCUT2D eigenvalue weighted by Crippen LogP contribution is 2.26. The van der Waals surface area contributed by atoms with Gasteiger partial charge >= 0.3 is 0 Å². The van der Waals surface area contributed by atoms with E-state index in [4.69, 9.17) is 0 Å². The first-order valence-corrected chi connectivity index (χ1v) is 9.18. The highest BCUT2D eigenvalue weighted by atomic mass is 32.2. The van der Waals surface area contributed by atoms with Crippen molar-refractivity contribution < 1.29 is 22.4 Å². The van der Waals surface area contributed by atoms with Gasteiger partial charge in [0.15, 0.2) is 5.78 Å². The molecular formula is C19H14F4OS2. The second-order valence-electron chi connectivity index (χ2n) is 4.96. The lowest BCUT2D eigenvalue weighted by Crippen LogP contribution is -1.86. The number of carbonyl (C=O) groups excluding carboxylic acids is 1. The van der Waals surface area contributed by atoms with Crippen LogP contribution in [0.4, 0.5) is 17.6 Å². The summed E-state index contributed by atoms with van der Waals surface area (Å²) in [6.45, 7) is 0. The first kappa shape index (κ1) is 20.3. The number of ketones is 1. The van der Waals surface area contributed by atoms with Gasteiger partial charge in [-0.2, -0.15) is 17.6 Å². The molecule has 0 unspecified atom stereocenters. The number of benzene rings is 2. The minimum Gasteiger partial charge on any atom is -0.290 e. The van der Waals surface area contributed by atoms with Gasteiger partial charge in [0.2, 0.25) is 0 Å². The van der Waals surface area contributed by atoms with Crippen molar-refractivity contribution in [2.45, 2.75) is 21.3 Å². The van der Waals surface area contributed by atoms with Crippen molar-refractivity contribution in [3.63, 3.8) is 0 Å². The summed E-state index contributed by atoms with van der Waals surface area (Å²) in [5.41, 5.74) is 1.44. The van der Waals surface area contributed by atoms with Gasteiger partial charge in [0.25, 0.3) is 11.5 Å². The van der Waals surface area contributed by atoms with Gasteiger partial charge in [-0.05, 0) is 47.5 Å².